The van der Waals surface area contributed by atoms with Gasteiger partial charge in [0.25, 0.3) is 0 Å². The number of nitrogens with one attached hydrogen (secondary N) is 2. The lowest BCUT2D eigenvalue weighted by Gasteiger charge is -2.31. The summed E-state index contributed by atoms with van der Waals surface area (Å²) in [5.41, 5.74) is 0. The van der Waals surface area contributed by atoms with Crippen molar-refractivity contribution in [2.45, 2.75) is 39.0 Å². The Morgan fingerprint density at radius 1 is 1.29 bits per heavy atom. The zero-order chi connectivity index (χ0) is 16.9. The van der Waals surface area contributed by atoms with Crippen LogP contribution in [0.4, 0.5) is 5.82 Å². The molecule has 132 valence electrons. The maximum Gasteiger partial charge on any atom is 0.234 e. The molecule has 0 bridgehead atoms. The number of hydrogen-bond acceptors (Lipinski definition) is 5. The van der Waals surface area contributed by atoms with E-state index in [0.717, 1.165) is 32.5 Å². The first kappa shape index (κ1) is 17.0. The summed E-state index contributed by atoms with van der Waals surface area (Å²) in [5.74, 6) is 1.88. The van der Waals surface area contributed by atoms with Crippen LogP contribution in [0.3, 0.4) is 0 Å². The monoisotopic (exact) mass is 334 g/mol. The molecule has 1 aromatic rings. The SMILES string of the molecule is Cc1cc(NC(=O)C2CCN(CC(=O)NCC3CCC3)CC2)no1. The van der Waals surface area contributed by atoms with E-state index in [4.69, 9.17) is 4.52 Å². The molecule has 7 heteroatoms. The molecule has 0 radical (unpaired) electrons. The third-order valence-corrected chi connectivity index (χ3v) is 5.02. The lowest BCUT2D eigenvalue weighted by molar-refractivity contribution is -0.123. The lowest BCUT2D eigenvalue weighted by Crippen LogP contribution is -2.44. The van der Waals surface area contributed by atoms with E-state index in [-0.39, 0.29) is 17.7 Å². The number of rotatable bonds is 6. The van der Waals surface area contributed by atoms with Gasteiger partial charge in [0, 0.05) is 18.5 Å². The van der Waals surface area contributed by atoms with E-state index in [1.54, 1.807) is 13.0 Å². The normalized spacial score (nSPS) is 19.7. The summed E-state index contributed by atoms with van der Waals surface area (Å²) >= 11 is 0. The Hall–Kier alpha value is -1.89. The lowest BCUT2D eigenvalue weighted by atomic mass is 9.85. The van der Waals surface area contributed by atoms with Crippen molar-refractivity contribution >= 4 is 17.6 Å². The molecule has 2 heterocycles. The Kier molecular flexibility index (Phi) is 5.50. The highest BCUT2D eigenvalue weighted by molar-refractivity contribution is 5.91. The van der Waals surface area contributed by atoms with Crippen molar-refractivity contribution in [3.63, 3.8) is 0 Å². The van der Waals surface area contributed by atoms with Gasteiger partial charge in [0.15, 0.2) is 5.82 Å². The molecule has 24 heavy (non-hydrogen) atoms. The minimum absolute atomic E-state index is 0.0163. The van der Waals surface area contributed by atoms with Gasteiger partial charge in [-0.15, -0.1) is 0 Å². The molecule has 2 fully saturated rings. The van der Waals surface area contributed by atoms with Crippen molar-refractivity contribution in [2.75, 3.05) is 31.5 Å². The van der Waals surface area contributed by atoms with E-state index in [9.17, 15) is 9.59 Å². The van der Waals surface area contributed by atoms with Crippen molar-refractivity contribution in [2.24, 2.45) is 11.8 Å². The van der Waals surface area contributed by atoms with Gasteiger partial charge in [0.05, 0.1) is 6.54 Å². The Balaban J connectivity index is 1.35. The molecule has 2 amide bonds. The number of piperidine rings is 1. The van der Waals surface area contributed by atoms with Crippen molar-refractivity contribution < 1.29 is 14.1 Å². The van der Waals surface area contributed by atoms with E-state index in [1.807, 2.05) is 0 Å². The van der Waals surface area contributed by atoms with Gasteiger partial charge in [-0.1, -0.05) is 11.6 Å². The molecule has 1 aromatic heterocycles. The van der Waals surface area contributed by atoms with Crippen LogP contribution in [-0.2, 0) is 9.59 Å². The third-order valence-electron chi connectivity index (χ3n) is 5.02. The summed E-state index contributed by atoms with van der Waals surface area (Å²) in [6.07, 6.45) is 5.30. The second-order valence-electron chi connectivity index (χ2n) is 6.96. The van der Waals surface area contributed by atoms with Crippen LogP contribution in [0.25, 0.3) is 0 Å². The molecule has 1 aliphatic carbocycles. The van der Waals surface area contributed by atoms with Crippen LogP contribution in [0.5, 0.6) is 0 Å². The number of carbonyl (C=O) groups excluding carboxylic acids is 2. The molecule has 1 saturated heterocycles. The second kappa shape index (κ2) is 7.79. The van der Waals surface area contributed by atoms with Gasteiger partial charge in [-0.2, -0.15) is 0 Å². The van der Waals surface area contributed by atoms with Crippen LogP contribution in [-0.4, -0.2) is 48.0 Å². The predicted molar refractivity (Wildman–Crippen MR) is 89.4 cm³/mol. The summed E-state index contributed by atoms with van der Waals surface area (Å²) in [7, 11) is 0. The highest BCUT2D eigenvalue weighted by Crippen LogP contribution is 2.25. The largest absolute Gasteiger partial charge is 0.360 e. The number of amides is 2. The first-order chi connectivity index (χ1) is 11.6. The highest BCUT2D eigenvalue weighted by Gasteiger charge is 2.26. The zero-order valence-electron chi connectivity index (χ0n) is 14.2. The van der Waals surface area contributed by atoms with Crippen molar-refractivity contribution in [1.29, 1.82) is 0 Å². The maximum absolute atomic E-state index is 12.2. The number of aryl methyl sites for hydroxylation is 1. The number of carbonyl (C=O) groups is 2. The van der Waals surface area contributed by atoms with Crippen molar-refractivity contribution in [3.05, 3.63) is 11.8 Å². The molecule has 0 unspecified atom stereocenters. The van der Waals surface area contributed by atoms with Gasteiger partial charge >= 0.3 is 0 Å². The van der Waals surface area contributed by atoms with Crippen LogP contribution >= 0.6 is 0 Å². The van der Waals surface area contributed by atoms with E-state index in [1.165, 1.54) is 19.3 Å². The molecular weight excluding hydrogens is 308 g/mol. The average Bonchev–Trinajstić information content (AvgIpc) is 2.91. The molecule has 0 aromatic carbocycles. The van der Waals surface area contributed by atoms with Crippen LogP contribution < -0.4 is 10.6 Å². The van der Waals surface area contributed by atoms with E-state index in [0.29, 0.717) is 24.0 Å². The fourth-order valence-corrected chi connectivity index (χ4v) is 3.22. The summed E-state index contributed by atoms with van der Waals surface area (Å²) in [4.78, 5) is 26.3. The van der Waals surface area contributed by atoms with Crippen LogP contribution in [0.15, 0.2) is 10.6 Å². The maximum atomic E-state index is 12.2. The molecule has 0 atom stereocenters. The molecule has 1 saturated carbocycles. The molecule has 3 rings (SSSR count). The van der Waals surface area contributed by atoms with Gasteiger partial charge < -0.3 is 15.2 Å². The molecule has 7 nitrogen and oxygen atoms in total. The minimum atomic E-state index is -0.0312. The molecule has 2 aliphatic rings. The van der Waals surface area contributed by atoms with Crippen LogP contribution in [0.1, 0.15) is 37.9 Å². The van der Waals surface area contributed by atoms with Gasteiger partial charge in [0.2, 0.25) is 11.8 Å². The molecule has 0 spiro atoms. The number of nitrogens with zero attached hydrogens (tertiary/aromatic N) is 2. The Labute approximate surface area is 142 Å². The fourth-order valence-electron chi connectivity index (χ4n) is 3.22. The summed E-state index contributed by atoms with van der Waals surface area (Å²) < 4.78 is 4.95. The topological polar surface area (TPSA) is 87.5 Å². The minimum Gasteiger partial charge on any atom is -0.360 e. The van der Waals surface area contributed by atoms with Gasteiger partial charge in [0.1, 0.15) is 5.76 Å². The number of anilines is 1. The number of aromatic nitrogens is 1. The zero-order valence-corrected chi connectivity index (χ0v) is 14.2. The summed E-state index contributed by atoms with van der Waals surface area (Å²) in [6, 6.07) is 1.71. The third kappa shape index (κ3) is 4.56. The standard InChI is InChI=1S/C17H26N4O3/c1-12-9-15(20-24-12)19-17(23)14-5-7-21(8-6-14)11-16(22)18-10-13-3-2-4-13/h9,13-14H,2-8,10-11H2,1H3,(H,18,22)(H,19,20,23). The van der Waals surface area contributed by atoms with Gasteiger partial charge in [-0.25, -0.2) is 0 Å². The fraction of sp³-hybridized carbons (Fsp3) is 0.706. The Morgan fingerprint density at radius 2 is 2.04 bits per heavy atom. The van der Waals surface area contributed by atoms with E-state index in [2.05, 4.69) is 20.7 Å². The Bertz CT molecular complexity index is 574. The molecule has 1 aliphatic heterocycles. The van der Waals surface area contributed by atoms with E-state index < -0.39 is 0 Å². The van der Waals surface area contributed by atoms with Crippen LogP contribution in [0, 0.1) is 18.8 Å². The first-order valence-electron chi connectivity index (χ1n) is 8.83. The summed E-state index contributed by atoms with van der Waals surface area (Å²) in [5, 5.41) is 9.60. The van der Waals surface area contributed by atoms with E-state index >= 15 is 0 Å². The molecule has 2 N–H and O–H groups in total. The average molecular weight is 334 g/mol. The van der Waals surface area contributed by atoms with Crippen molar-refractivity contribution in [1.82, 2.24) is 15.4 Å². The first-order valence-corrected chi connectivity index (χ1v) is 8.83. The predicted octanol–water partition coefficient (Wildman–Crippen LogP) is 1.55. The Morgan fingerprint density at radius 3 is 2.62 bits per heavy atom. The summed E-state index contributed by atoms with van der Waals surface area (Å²) in [6.45, 7) is 4.58. The smallest absolute Gasteiger partial charge is 0.234 e. The second-order valence-corrected chi connectivity index (χ2v) is 6.96. The highest BCUT2D eigenvalue weighted by atomic mass is 16.5. The van der Waals surface area contributed by atoms with Crippen LogP contribution in [0.2, 0.25) is 0 Å². The molecular formula is C17H26N4O3. The quantitative estimate of drug-likeness (QED) is 0.824. The van der Waals surface area contributed by atoms with Gasteiger partial charge in [-0.05, 0) is 51.6 Å². The van der Waals surface area contributed by atoms with Crippen molar-refractivity contribution in [3.8, 4) is 0 Å². The number of hydrogen-bond donors (Lipinski definition) is 2. The van der Waals surface area contributed by atoms with Gasteiger partial charge in [-0.3, -0.25) is 14.5 Å². The number of likely N-dealkylation sites (tertiary alicyclic amines) is 1.